The molecule has 21 heavy (non-hydrogen) atoms. The van der Waals surface area contributed by atoms with Crippen molar-refractivity contribution in [3.63, 3.8) is 0 Å². The topological polar surface area (TPSA) is 47.3 Å². The van der Waals surface area contributed by atoms with Crippen LogP contribution < -0.4 is 4.90 Å². The van der Waals surface area contributed by atoms with Crippen molar-refractivity contribution in [2.24, 2.45) is 5.92 Å². The molecule has 0 saturated carbocycles. The summed E-state index contributed by atoms with van der Waals surface area (Å²) < 4.78 is 27.6. The third kappa shape index (κ3) is 2.60. The maximum absolute atomic E-state index is 13.8. The van der Waals surface area contributed by atoms with Gasteiger partial charge < -0.3 is 10.0 Å². The molecule has 0 bridgehead atoms. The van der Waals surface area contributed by atoms with Gasteiger partial charge in [0.25, 0.3) is 0 Å². The van der Waals surface area contributed by atoms with Crippen LogP contribution in [0.25, 0.3) is 0 Å². The maximum Gasteiger partial charge on any atom is 0.146 e. The van der Waals surface area contributed by atoms with Gasteiger partial charge in [0, 0.05) is 12.2 Å². The monoisotopic (exact) mass is 294 g/mol. The molecule has 0 aromatic heterocycles. The maximum atomic E-state index is 13.8. The predicted molar refractivity (Wildman–Crippen MR) is 76.9 cm³/mol. The summed E-state index contributed by atoms with van der Waals surface area (Å²) in [6, 6.07) is 3.68. The molecule has 3 nitrogen and oxygen atoms in total. The van der Waals surface area contributed by atoms with Crippen LogP contribution in [0.2, 0.25) is 0 Å². The highest BCUT2D eigenvalue weighted by molar-refractivity contribution is 5.54. The Balaban J connectivity index is 2.45. The molecule has 0 aliphatic carbocycles. The number of hydrogen-bond acceptors (Lipinski definition) is 3. The number of nitrogens with zero attached hydrogens (tertiary/aromatic N) is 2. The molecule has 0 radical (unpaired) electrons. The van der Waals surface area contributed by atoms with Crippen LogP contribution in [-0.4, -0.2) is 23.3 Å². The van der Waals surface area contributed by atoms with Crippen LogP contribution >= 0.6 is 0 Å². The number of nitriles is 1. The van der Waals surface area contributed by atoms with Crippen molar-refractivity contribution in [1.82, 2.24) is 0 Å². The molecule has 2 unspecified atom stereocenters. The van der Waals surface area contributed by atoms with Crippen molar-refractivity contribution in [2.45, 2.75) is 45.3 Å². The molecular weight excluding hydrogens is 274 g/mol. The Bertz CT molecular complexity index is 559. The molecule has 1 aromatic carbocycles. The fourth-order valence-corrected chi connectivity index (χ4v) is 3.38. The van der Waals surface area contributed by atoms with Gasteiger partial charge in [-0.15, -0.1) is 0 Å². The normalized spacial score (nSPS) is 25.4. The van der Waals surface area contributed by atoms with Gasteiger partial charge in [0.2, 0.25) is 0 Å². The lowest BCUT2D eigenvalue weighted by molar-refractivity contribution is 0.0148. The number of anilines is 1. The van der Waals surface area contributed by atoms with Crippen LogP contribution in [0.4, 0.5) is 14.5 Å². The first-order valence-electron chi connectivity index (χ1n) is 7.22. The average Bonchev–Trinajstić information content (AvgIpc) is 2.77. The van der Waals surface area contributed by atoms with Gasteiger partial charge in [0.1, 0.15) is 23.3 Å². The standard InChI is InChI=1S/C16H20F2N2O/c1-4-16(21)5-6-20(15(16)10(2)3)11-7-13(17)12(9-19)14(18)8-11/h7-8,10,15,21H,4-6H2,1-3H3. The van der Waals surface area contributed by atoms with Gasteiger partial charge in [-0.2, -0.15) is 5.26 Å². The van der Waals surface area contributed by atoms with Crippen molar-refractivity contribution in [3.05, 3.63) is 29.3 Å². The van der Waals surface area contributed by atoms with E-state index < -0.39 is 22.8 Å². The summed E-state index contributed by atoms with van der Waals surface area (Å²) in [5, 5.41) is 19.5. The Hall–Kier alpha value is -1.67. The third-order valence-electron chi connectivity index (χ3n) is 4.39. The van der Waals surface area contributed by atoms with Crippen LogP contribution in [0.5, 0.6) is 0 Å². The molecule has 5 heteroatoms. The molecule has 114 valence electrons. The largest absolute Gasteiger partial charge is 0.388 e. The summed E-state index contributed by atoms with van der Waals surface area (Å²) in [5.41, 5.74) is -1.04. The lowest BCUT2D eigenvalue weighted by Crippen LogP contribution is -2.48. The fraction of sp³-hybridized carbons (Fsp3) is 0.562. The van der Waals surface area contributed by atoms with E-state index in [1.54, 1.807) is 0 Å². The van der Waals surface area contributed by atoms with E-state index >= 15 is 0 Å². The Morgan fingerprint density at radius 2 is 2.00 bits per heavy atom. The highest BCUT2D eigenvalue weighted by Gasteiger charge is 2.46. The summed E-state index contributed by atoms with van der Waals surface area (Å²) in [6.45, 7) is 6.43. The Morgan fingerprint density at radius 1 is 1.43 bits per heavy atom. The van der Waals surface area contributed by atoms with Crippen LogP contribution in [0, 0.1) is 28.9 Å². The molecular formula is C16H20F2N2O. The lowest BCUT2D eigenvalue weighted by atomic mass is 9.84. The van der Waals surface area contributed by atoms with Crippen molar-refractivity contribution >= 4 is 5.69 Å². The number of halogens is 2. The molecule has 1 saturated heterocycles. The van der Waals surface area contributed by atoms with Crippen LogP contribution in [0.3, 0.4) is 0 Å². The SMILES string of the molecule is CCC1(O)CCN(c2cc(F)c(C#N)c(F)c2)C1C(C)C. The Morgan fingerprint density at radius 3 is 2.43 bits per heavy atom. The quantitative estimate of drug-likeness (QED) is 0.931. The zero-order valence-electron chi connectivity index (χ0n) is 12.5. The summed E-state index contributed by atoms with van der Waals surface area (Å²) in [7, 11) is 0. The van der Waals surface area contributed by atoms with Gasteiger partial charge >= 0.3 is 0 Å². The van der Waals surface area contributed by atoms with Gasteiger partial charge in [-0.25, -0.2) is 8.78 Å². The van der Waals surface area contributed by atoms with Gasteiger partial charge in [0.05, 0.1) is 11.6 Å². The summed E-state index contributed by atoms with van der Waals surface area (Å²) in [5.74, 6) is -1.58. The van der Waals surface area contributed by atoms with E-state index in [2.05, 4.69) is 0 Å². The van der Waals surface area contributed by atoms with Crippen molar-refractivity contribution in [3.8, 4) is 6.07 Å². The second kappa shape index (κ2) is 5.61. The number of benzene rings is 1. The van der Waals surface area contributed by atoms with E-state index in [-0.39, 0.29) is 12.0 Å². The summed E-state index contributed by atoms with van der Waals surface area (Å²) in [4.78, 5) is 1.85. The molecule has 0 spiro atoms. The van der Waals surface area contributed by atoms with Crippen LogP contribution in [-0.2, 0) is 0 Å². The van der Waals surface area contributed by atoms with Gasteiger partial charge in [-0.3, -0.25) is 0 Å². The van der Waals surface area contributed by atoms with E-state index in [1.165, 1.54) is 18.2 Å². The van der Waals surface area contributed by atoms with E-state index in [0.29, 0.717) is 25.1 Å². The van der Waals surface area contributed by atoms with Crippen LogP contribution in [0.1, 0.15) is 39.2 Å². The fourth-order valence-electron chi connectivity index (χ4n) is 3.38. The molecule has 1 fully saturated rings. The van der Waals surface area contributed by atoms with Crippen molar-refractivity contribution < 1.29 is 13.9 Å². The molecule has 1 aliphatic rings. The van der Waals surface area contributed by atoms with Gasteiger partial charge in [-0.1, -0.05) is 20.8 Å². The average molecular weight is 294 g/mol. The van der Waals surface area contributed by atoms with Gasteiger partial charge in [0.15, 0.2) is 0 Å². The smallest absolute Gasteiger partial charge is 0.146 e. The highest BCUT2D eigenvalue weighted by atomic mass is 19.1. The zero-order valence-corrected chi connectivity index (χ0v) is 12.5. The number of hydrogen-bond donors (Lipinski definition) is 1. The zero-order chi connectivity index (χ0) is 15.8. The molecule has 0 amide bonds. The van der Waals surface area contributed by atoms with E-state index in [0.717, 1.165) is 0 Å². The minimum Gasteiger partial charge on any atom is -0.388 e. The summed E-state index contributed by atoms with van der Waals surface area (Å²) >= 11 is 0. The third-order valence-corrected chi connectivity index (χ3v) is 4.39. The molecule has 2 rings (SSSR count). The minimum atomic E-state index is -0.859. The van der Waals surface area contributed by atoms with E-state index in [9.17, 15) is 13.9 Å². The first kappa shape index (κ1) is 15.7. The predicted octanol–water partition coefficient (Wildman–Crippen LogP) is 3.21. The second-order valence-electron chi connectivity index (χ2n) is 5.99. The summed E-state index contributed by atoms with van der Waals surface area (Å²) in [6.07, 6.45) is 1.16. The molecule has 1 aromatic rings. The first-order valence-corrected chi connectivity index (χ1v) is 7.22. The van der Waals surface area contributed by atoms with Crippen LogP contribution in [0.15, 0.2) is 12.1 Å². The van der Waals surface area contributed by atoms with Crippen molar-refractivity contribution in [1.29, 1.82) is 5.26 Å². The number of rotatable bonds is 3. The molecule has 1 N–H and O–H groups in total. The van der Waals surface area contributed by atoms with E-state index in [1.807, 2.05) is 25.7 Å². The lowest BCUT2D eigenvalue weighted by Gasteiger charge is -2.37. The molecule has 1 heterocycles. The van der Waals surface area contributed by atoms with E-state index in [4.69, 9.17) is 5.26 Å². The molecule has 1 aliphatic heterocycles. The Labute approximate surface area is 123 Å². The molecule has 2 atom stereocenters. The Kier molecular flexibility index (Phi) is 4.20. The second-order valence-corrected chi connectivity index (χ2v) is 5.99. The highest BCUT2D eigenvalue weighted by Crippen LogP contribution is 2.39. The van der Waals surface area contributed by atoms with Crippen molar-refractivity contribution in [2.75, 3.05) is 11.4 Å². The first-order chi connectivity index (χ1) is 9.84. The van der Waals surface area contributed by atoms with Gasteiger partial charge in [-0.05, 0) is 30.9 Å². The number of aliphatic hydroxyl groups is 1. The minimum absolute atomic E-state index is 0.138.